The minimum Gasteiger partial charge on any atom is -0.496 e. The normalized spacial score (nSPS) is 24.9. The van der Waals surface area contributed by atoms with Crippen LogP contribution in [0.1, 0.15) is 32.4 Å². The van der Waals surface area contributed by atoms with Crippen LogP contribution in [0.25, 0.3) is 0 Å². The summed E-state index contributed by atoms with van der Waals surface area (Å²) in [6, 6.07) is 7.01. The van der Waals surface area contributed by atoms with E-state index < -0.39 is 10.2 Å². The highest BCUT2D eigenvalue weighted by Gasteiger charge is 2.32. The van der Waals surface area contributed by atoms with Crippen molar-refractivity contribution in [2.24, 2.45) is 0 Å². The molecule has 22 heavy (non-hydrogen) atoms. The lowest BCUT2D eigenvalue weighted by Gasteiger charge is -2.35. The Hall–Kier alpha value is -1.15. The van der Waals surface area contributed by atoms with Crippen molar-refractivity contribution in [2.45, 2.75) is 39.0 Å². The molecule has 0 spiro atoms. The van der Waals surface area contributed by atoms with E-state index in [2.05, 4.69) is 4.72 Å². The van der Waals surface area contributed by atoms with E-state index in [0.29, 0.717) is 18.8 Å². The highest BCUT2D eigenvalue weighted by molar-refractivity contribution is 7.87. The Morgan fingerprint density at radius 1 is 1.27 bits per heavy atom. The van der Waals surface area contributed by atoms with E-state index >= 15 is 0 Å². The van der Waals surface area contributed by atoms with E-state index in [9.17, 15) is 8.42 Å². The number of benzene rings is 1. The highest BCUT2D eigenvalue weighted by atomic mass is 32.2. The average molecular weight is 328 g/mol. The van der Waals surface area contributed by atoms with Crippen LogP contribution in [0.15, 0.2) is 24.3 Å². The molecule has 0 aromatic heterocycles. The highest BCUT2D eigenvalue weighted by Crippen LogP contribution is 2.25. The first-order valence-corrected chi connectivity index (χ1v) is 8.83. The summed E-state index contributed by atoms with van der Waals surface area (Å²) in [6.45, 7) is 6.28. The monoisotopic (exact) mass is 328 g/mol. The molecule has 1 aromatic rings. The summed E-state index contributed by atoms with van der Waals surface area (Å²) in [4.78, 5) is 0. The lowest BCUT2D eigenvalue weighted by Crippen LogP contribution is -2.52. The molecule has 0 amide bonds. The van der Waals surface area contributed by atoms with E-state index in [0.717, 1.165) is 5.56 Å². The Labute approximate surface area is 132 Å². The second-order valence-corrected chi connectivity index (χ2v) is 7.36. The van der Waals surface area contributed by atoms with Crippen molar-refractivity contribution in [1.82, 2.24) is 9.03 Å². The first-order chi connectivity index (χ1) is 10.3. The first-order valence-electron chi connectivity index (χ1n) is 7.39. The number of ether oxygens (including phenoxy) is 2. The largest absolute Gasteiger partial charge is 0.496 e. The summed E-state index contributed by atoms with van der Waals surface area (Å²) in [7, 11) is -2.00. The van der Waals surface area contributed by atoms with Crippen LogP contribution < -0.4 is 9.46 Å². The van der Waals surface area contributed by atoms with Crippen molar-refractivity contribution >= 4 is 10.2 Å². The lowest BCUT2D eigenvalue weighted by molar-refractivity contribution is -0.0444. The number of para-hydroxylation sites is 1. The molecule has 1 fully saturated rings. The maximum atomic E-state index is 12.6. The van der Waals surface area contributed by atoms with Gasteiger partial charge in [0.05, 0.1) is 19.3 Å². The van der Waals surface area contributed by atoms with E-state index in [4.69, 9.17) is 9.47 Å². The van der Waals surface area contributed by atoms with Crippen molar-refractivity contribution in [3.63, 3.8) is 0 Å². The third-order valence-electron chi connectivity index (χ3n) is 3.66. The molecule has 1 saturated heterocycles. The molecule has 1 aromatic carbocycles. The van der Waals surface area contributed by atoms with E-state index in [1.165, 1.54) is 4.31 Å². The third kappa shape index (κ3) is 3.98. The summed E-state index contributed by atoms with van der Waals surface area (Å²) in [5, 5.41) is 0. The molecule has 3 atom stereocenters. The maximum Gasteiger partial charge on any atom is 0.280 e. The van der Waals surface area contributed by atoms with Crippen LogP contribution >= 0.6 is 0 Å². The molecule has 0 saturated carbocycles. The Kier molecular flexibility index (Phi) is 5.44. The van der Waals surface area contributed by atoms with Crippen LogP contribution in [-0.2, 0) is 14.9 Å². The molecule has 7 heteroatoms. The smallest absolute Gasteiger partial charge is 0.280 e. The predicted octanol–water partition coefficient (Wildman–Crippen LogP) is 1.70. The number of morpholine rings is 1. The van der Waals surface area contributed by atoms with E-state index in [1.54, 1.807) is 7.11 Å². The summed E-state index contributed by atoms with van der Waals surface area (Å²) >= 11 is 0. The molecule has 0 bridgehead atoms. The zero-order valence-corrected chi connectivity index (χ0v) is 14.3. The van der Waals surface area contributed by atoms with Crippen LogP contribution in [0, 0.1) is 0 Å². The van der Waals surface area contributed by atoms with Gasteiger partial charge in [0.1, 0.15) is 5.75 Å². The maximum absolute atomic E-state index is 12.6. The second kappa shape index (κ2) is 6.95. The Morgan fingerprint density at radius 3 is 2.45 bits per heavy atom. The SMILES string of the molecule is COc1ccccc1[C@H](C)NS(=O)(=O)N1C[C@@H](C)O[C@H](C)C1. The van der Waals surface area contributed by atoms with Gasteiger partial charge in [-0.15, -0.1) is 0 Å². The molecule has 1 aliphatic heterocycles. The second-order valence-electron chi connectivity index (χ2n) is 5.66. The van der Waals surface area contributed by atoms with Gasteiger partial charge in [-0.1, -0.05) is 18.2 Å². The van der Waals surface area contributed by atoms with Gasteiger partial charge in [-0.2, -0.15) is 17.4 Å². The number of methoxy groups -OCH3 is 1. The number of nitrogens with one attached hydrogen (secondary N) is 1. The Balaban J connectivity index is 2.14. The number of rotatable bonds is 5. The van der Waals surface area contributed by atoms with Gasteiger partial charge in [-0.05, 0) is 26.8 Å². The predicted molar refractivity (Wildman–Crippen MR) is 85.0 cm³/mol. The molecule has 2 rings (SSSR count). The van der Waals surface area contributed by atoms with Gasteiger partial charge in [0.15, 0.2) is 0 Å². The fourth-order valence-electron chi connectivity index (χ4n) is 2.71. The van der Waals surface area contributed by atoms with E-state index in [1.807, 2.05) is 45.0 Å². The van der Waals surface area contributed by atoms with Crippen LogP contribution in [0.3, 0.4) is 0 Å². The van der Waals surface area contributed by atoms with E-state index in [-0.39, 0.29) is 18.2 Å². The van der Waals surface area contributed by atoms with Crippen molar-refractivity contribution in [3.05, 3.63) is 29.8 Å². The van der Waals surface area contributed by atoms with Gasteiger partial charge in [0, 0.05) is 24.7 Å². The standard InChI is InChI=1S/C15H24N2O4S/c1-11-9-17(10-12(2)21-11)22(18,19)16-13(3)14-7-5-6-8-15(14)20-4/h5-8,11-13,16H,9-10H2,1-4H3/t11-,12-,13+/m1/s1. The molecule has 1 N–H and O–H groups in total. The van der Waals surface area contributed by atoms with Gasteiger partial charge in [0.2, 0.25) is 0 Å². The minimum absolute atomic E-state index is 0.109. The topological polar surface area (TPSA) is 67.9 Å². The third-order valence-corrected chi connectivity index (χ3v) is 5.29. The summed E-state index contributed by atoms with van der Waals surface area (Å²) in [6.07, 6.45) is -0.219. The number of nitrogens with zero attached hydrogens (tertiary/aromatic N) is 1. The van der Waals surface area contributed by atoms with Crippen LogP contribution in [-0.4, -0.2) is 45.1 Å². The summed E-state index contributed by atoms with van der Waals surface area (Å²) in [5.74, 6) is 0.668. The van der Waals surface area contributed by atoms with Crippen LogP contribution in [0.5, 0.6) is 5.75 Å². The van der Waals surface area contributed by atoms with Gasteiger partial charge >= 0.3 is 0 Å². The van der Waals surface area contributed by atoms with Crippen LogP contribution in [0.2, 0.25) is 0 Å². The number of hydrogen-bond donors (Lipinski definition) is 1. The van der Waals surface area contributed by atoms with Crippen molar-refractivity contribution in [3.8, 4) is 5.75 Å². The summed E-state index contributed by atoms with van der Waals surface area (Å²) in [5.41, 5.74) is 0.808. The average Bonchev–Trinajstić information content (AvgIpc) is 2.45. The fourth-order valence-corrected chi connectivity index (χ4v) is 4.25. The van der Waals surface area contributed by atoms with Crippen molar-refractivity contribution in [2.75, 3.05) is 20.2 Å². The fraction of sp³-hybridized carbons (Fsp3) is 0.600. The number of hydrogen-bond acceptors (Lipinski definition) is 4. The van der Waals surface area contributed by atoms with Crippen molar-refractivity contribution < 1.29 is 17.9 Å². The Morgan fingerprint density at radius 2 is 1.86 bits per heavy atom. The molecule has 0 aliphatic carbocycles. The van der Waals surface area contributed by atoms with Gasteiger partial charge in [0.25, 0.3) is 10.2 Å². The zero-order valence-electron chi connectivity index (χ0n) is 13.4. The minimum atomic E-state index is -3.57. The summed E-state index contributed by atoms with van der Waals surface area (Å²) < 4.78 is 40.2. The molecule has 0 unspecified atom stereocenters. The molecule has 0 radical (unpaired) electrons. The Bertz CT molecular complexity index is 595. The molecule has 1 heterocycles. The first kappa shape index (κ1) is 17.2. The molecule has 124 valence electrons. The lowest BCUT2D eigenvalue weighted by atomic mass is 10.1. The molecular formula is C15H24N2O4S. The van der Waals surface area contributed by atoms with Crippen LogP contribution in [0.4, 0.5) is 0 Å². The molecule has 1 aliphatic rings. The molecule has 6 nitrogen and oxygen atoms in total. The van der Waals surface area contributed by atoms with Crippen molar-refractivity contribution in [1.29, 1.82) is 0 Å². The van der Waals surface area contributed by atoms with Gasteiger partial charge in [-0.25, -0.2) is 0 Å². The van der Waals surface area contributed by atoms with Gasteiger partial charge < -0.3 is 9.47 Å². The zero-order chi connectivity index (χ0) is 16.3. The quantitative estimate of drug-likeness (QED) is 0.893. The van der Waals surface area contributed by atoms with Gasteiger partial charge in [-0.3, -0.25) is 0 Å². The molecular weight excluding hydrogens is 304 g/mol.